The Kier molecular flexibility index (Phi) is 5.60. The molecule has 1 saturated carbocycles. The number of hydrogen-bond donors (Lipinski definition) is 0. The molecule has 1 aliphatic heterocycles. The van der Waals surface area contributed by atoms with Crippen molar-refractivity contribution < 1.29 is 26.3 Å². The summed E-state index contributed by atoms with van der Waals surface area (Å²) in [5.41, 5.74) is -0.853. The normalized spacial score (nSPS) is 29.9. The fourth-order valence-corrected chi connectivity index (χ4v) is 5.86. The molecule has 9 heteroatoms. The summed E-state index contributed by atoms with van der Waals surface area (Å²) in [5.74, 6) is 0.434. The third-order valence-electron chi connectivity index (χ3n) is 5.84. The van der Waals surface area contributed by atoms with Crippen molar-refractivity contribution in [3.8, 4) is 0 Å². The summed E-state index contributed by atoms with van der Waals surface area (Å²) in [6.07, 6.45) is -2.81. The highest BCUT2D eigenvalue weighted by molar-refractivity contribution is 7.89. The third-order valence-corrected chi connectivity index (χ3v) is 7.68. The Labute approximate surface area is 158 Å². The van der Waals surface area contributed by atoms with Gasteiger partial charge < -0.3 is 9.64 Å². The van der Waals surface area contributed by atoms with Crippen LogP contribution in [0.2, 0.25) is 0 Å². The predicted molar refractivity (Wildman–Crippen MR) is 94.7 cm³/mol. The van der Waals surface area contributed by atoms with Crippen LogP contribution in [0.25, 0.3) is 0 Å². The molecule has 0 N–H and O–H groups in total. The monoisotopic (exact) mass is 406 g/mol. The molecule has 2 aliphatic rings. The fourth-order valence-electron chi connectivity index (χ4n) is 4.31. The van der Waals surface area contributed by atoms with Gasteiger partial charge in [-0.3, -0.25) is 0 Å². The number of halogens is 3. The zero-order valence-corrected chi connectivity index (χ0v) is 16.4. The number of likely N-dealkylation sites (N-methyl/N-ethyl adjacent to an activating group) is 1. The second-order valence-electron chi connectivity index (χ2n) is 7.64. The first-order chi connectivity index (χ1) is 12.5. The molecule has 0 amide bonds. The lowest BCUT2D eigenvalue weighted by Crippen LogP contribution is -2.47. The molecular formula is C18H25F3N2O3S. The maximum Gasteiger partial charge on any atom is 0.416 e. The first kappa shape index (κ1) is 20.6. The summed E-state index contributed by atoms with van der Waals surface area (Å²) in [5, 5.41) is 0. The van der Waals surface area contributed by atoms with Crippen LogP contribution in [0.1, 0.15) is 18.4 Å². The van der Waals surface area contributed by atoms with Crippen molar-refractivity contribution in [1.82, 2.24) is 9.21 Å². The van der Waals surface area contributed by atoms with Crippen molar-refractivity contribution in [2.24, 2.45) is 11.8 Å². The van der Waals surface area contributed by atoms with Gasteiger partial charge in [-0.15, -0.1) is 0 Å². The molecule has 1 aromatic carbocycles. The molecule has 1 heterocycles. The second-order valence-corrected chi connectivity index (χ2v) is 9.58. The molecule has 0 bridgehead atoms. The maximum absolute atomic E-state index is 12.9. The molecule has 2 fully saturated rings. The van der Waals surface area contributed by atoms with E-state index >= 15 is 0 Å². The molecule has 0 aromatic heterocycles. The number of sulfonamides is 1. The zero-order valence-electron chi connectivity index (χ0n) is 15.6. The highest BCUT2D eigenvalue weighted by atomic mass is 32.2. The third kappa shape index (κ3) is 4.01. The van der Waals surface area contributed by atoms with E-state index in [-0.39, 0.29) is 28.9 Å². The number of rotatable bonds is 4. The van der Waals surface area contributed by atoms with E-state index in [2.05, 4.69) is 4.90 Å². The van der Waals surface area contributed by atoms with Crippen LogP contribution < -0.4 is 0 Å². The first-order valence-corrected chi connectivity index (χ1v) is 10.3. The molecule has 152 valence electrons. The number of benzene rings is 1. The average molecular weight is 406 g/mol. The Morgan fingerprint density at radius 1 is 1.07 bits per heavy atom. The standard InChI is InChI=1S/C18H25F3N2O3S/c1-22(2)16-8-12-10-23(11-13(12)9-17(16)26-3)27(24,25)15-6-4-14(5-7-15)18(19,20)21/h4-7,12-13,16-17H,8-11H2,1-3H3/t12-,13+,16-,17-/m1/s1. The molecular weight excluding hydrogens is 381 g/mol. The summed E-state index contributed by atoms with van der Waals surface area (Å²) in [4.78, 5) is 2.01. The summed E-state index contributed by atoms with van der Waals surface area (Å²) in [6, 6.07) is 3.95. The molecule has 1 aliphatic carbocycles. The number of hydrogen-bond acceptors (Lipinski definition) is 4. The van der Waals surface area contributed by atoms with Crippen molar-refractivity contribution in [2.45, 2.75) is 36.1 Å². The van der Waals surface area contributed by atoms with Crippen molar-refractivity contribution in [1.29, 1.82) is 0 Å². The highest BCUT2D eigenvalue weighted by Gasteiger charge is 2.46. The minimum atomic E-state index is -4.48. The van der Waals surface area contributed by atoms with Crippen LogP contribution in [0.15, 0.2) is 29.2 Å². The largest absolute Gasteiger partial charge is 0.416 e. The molecule has 5 nitrogen and oxygen atoms in total. The Balaban J connectivity index is 1.78. The molecule has 1 aromatic rings. The molecule has 4 atom stereocenters. The van der Waals surface area contributed by atoms with Gasteiger partial charge in [-0.1, -0.05) is 0 Å². The van der Waals surface area contributed by atoms with Crippen LogP contribution >= 0.6 is 0 Å². The molecule has 0 spiro atoms. The average Bonchev–Trinajstić information content (AvgIpc) is 3.03. The van der Waals surface area contributed by atoms with E-state index < -0.39 is 21.8 Å². The van der Waals surface area contributed by atoms with Gasteiger partial charge in [0.25, 0.3) is 0 Å². The summed E-state index contributed by atoms with van der Waals surface area (Å²) in [6.45, 7) is 0.781. The van der Waals surface area contributed by atoms with Gasteiger partial charge in [-0.05, 0) is 63.0 Å². The number of ether oxygens (including phenoxy) is 1. The topological polar surface area (TPSA) is 49.9 Å². The Hall–Kier alpha value is -1.16. The molecule has 0 radical (unpaired) electrons. The van der Waals surface area contributed by atoms with E-state index in [0.717, 1.165) is 37.1 Å². The number of nitrogens with zero attached hydrogens (tertiary/aromatic N) is 2. The highest BCUT2D eigenvalue weighted by Crippen LogP contribution is 2.40. The number of fused-ring (bicyclic) bond motifs is 1. The zero-order chi connectivity index (χ0) is 20.0. The quantitative estimate of drug-likeness (QED) is 0.772. The second kappa shape index (κ2) is 7.35. The maximum atomic E-state index is 12.9. The molecule has 1 saturated heterocycles. The molecule has 27 heavy (non-hydrogen) atoms. The van der Waals surface area contributed by atoms with Crippen molar-refractivity contribution >= 4 is 10.0 Å². The van der Waals surface area contributed by atoms with Gasteiger partial charge in [0, 0.05) is 26.2 Å². The van der Waals surface area contributed by atoms with Crippen LogP contribution in [0.5, 0.6) is 0 Å². The summed E-state index contributed by atoms with van der Waals surface area (Å²) in [7, 11) is 1.84. The Morgan fingerprint density at radius 3 is 2.11 bits per heavy atom. The summed E-state index contributed by atoms with van der Waals surface area (Å²) >= 11 is 0. The molecule has 3 rings (SSSR count). The molecule has 0 unspecified atom stereocenters. The Bertz CT molecular complexity index is 765. The van der Waals surface area contributed by atoms with E-state index in [1.807, 2.05) is 14.1 Å². The van der Waals surface area contributed by atoms with Crippen LogP contribution in [0.4, 0.5) is 13.2 Å². The van der Waals surface area contributed by atoms with E-state index in [0.29, 0.717) is 13.1 Å². The van der Waals surface area contributed by atoms with Crippen molar-refractivity contribution in [3.63, 3.8) is 0 Å². The van der Waals surface area contributed by atoms with Crippen LogP contribution in [-0.2, 0) is 20.9 Å². The van der Waals surface area contributed by atoms with E-state index in [1.54, 1.807) is 7.11 Å². The van der Waals surface area contributed by atoms with Crippen molar-refractivity contribution in [2.75, 3.05) is 34.3 Å². The van der Waals surface area contributed by atoms with Gasteiger partial charge in [-0.2, -0.15) is 17.5 Å². The number of alkyl halides is 3. The van der Waals surface area contributed by atoms with Crippen molar-refractivity contribution in [3.05, 3.63) is 29.8 Å². The lowest BCUT2D eigenvalue weighted by atomic mass is 9.77. The SMILES string of the molecule is CO[C@@H]1C[C@H]2CN(S(=O)(=O)c3ccc(C(F)(F)F)cc3)C[C@H]2C[C@H]1N(C)C. The first-order valence-electron chi connectivity index (χ1n) is 8.90. The van der Waals surface area contributed by atoms with Gasteiger partial charge in [-0.25, -0.2) is 8.42 Å². The van der Waals surface area contributed by atoms with Gasteiger partial charge in [0.05, 0.1) is 16.6 Å². The minimum Gasteiger partial charge on any atom is -0.380 e. The van der Waals surface area contributed by atoms with Gasteiger partial charge in [0.15, 0.2) is 0 Å². The lowest BCUT2D eigenvalue weighted by Gasteiger charge is -2.40. The van der Waals surface area contributed by atoms with E-state index in [1.165, 1.54) is 4.31 Å². The van der Waals surface area contributed by atoms with Gasteiger partial charge >= 0.3 is 6.18 Å². The lowest BCUT2D eigenvalue weighted by molar-refractivity contribution is -0.137. The van der Waals surface area contributed by atoms with Gasteiger partial charge in [0.1, 0.15) is 0 Å². The smallest absolute Gasteiger partial charge is 0.380 e. The van der Waals surface area contributed by atoms with Gasteiger partial charge in [0.2, 0.25) is 10.0 Å². The summed E-state index contributed by atoms with van der Waals surface area (Å²) < 4.78 is 71.0. The minimum absolute atomic E-state index is 0.0509. The van der Waals surface area contributed by atoms with Crippen LogP contribution in [0.3, 0.4) is 0 Å². The number of methoxy groups -OCH3 is 1. The Morgan fingerprint density at radius 2 is 1.63 bits per heavy atom. The van der Waals surface area contributed by atoms with Crippen LogP contribution in [0, 0.1) is 11.8 Å². The van der Waals surface area contributed by atoms with E-state index in [4.69, 9.17) is 4.74 Å². The van der Waals surface area contributed by atoms with Crippen LogP contribution in [-0.4, -0.2) is 64.1 Å². The predicted octanol–water partition coefficient (Wildman–Crippen LogP) is 2.68. The van der Waals surface area contributed by atoms with E-state index in [9.17, 15) is 21.6 Å². The fraction of sp³-hybridized carbons (Fsp3) is 0.667.